The summed E-state index contributed by atoms with van der Waals surface area (Å²) in [4.78, 5) is 84.1. The molecule has 0 radical (unpaired) electrons. The molecule has 34 heteroatoms. The quantitative estimate of drug-likeness (QED) is 0.0504. The Kier molecular flexibility index (Phi) is 41.8. The van der Waals surface area contributed by atoms with Gasteiger partial charge in [0.1, 0.15) is 29.1 Å². The molecule has 5 N–H and O–H groups in total. The van der Waals surface area contributed by atoms with Gasteiger partial charge in [0.2, 0.25) is 11.8 Å². The van der Waals surface area contributed by atoms with Gasteiger partial charge in [0.05, 0.1) is 77.6 Å². The normalized spacial score (nSPS) is 19.7. The first-order chi connectivity index (χ1) is 53.6. The third kappa shape index (κ3) is 30.4. The Labute approximate surface area is 775 Å². The molecule has 0 bridgehead atoms. The predicted molar refractivity (Wildman–Crippen MR) is 440 cm³/mol. The van der Waals surface area contributed by atoms with E-state index in [-0.39, 0.29) is 184 Å². The molecule has 604 valence electrons. The minimum atomic E-state index is -0.471. The van der Waals surface area contributed by atoms with Gasteiger partial charge in [-0.15, -0.1) is 17.0 Å². The molecule has 10 heterocycles. The number of benzene rings is 4. The molecule has 6 atom stereocenters. The number of carbonyl (C=O) groups is 5. The van der Waals surface area contributed by atoms with Crippen LogP contribution >= 0.6 is 35.9 Å². The van der Waals surface area contributed by atoms with Crippen molar-refractivity contribution in [3.8, 4) is 24.3 Å². The molecule has 0 saturated carbocycles. The number of aliphatic hydroxyl groups is 1. The van der Waals surface area contributed by atoms with Gasteiger partial charge in [-0.2, -0.15) is 49.4 Å². The fourth-order valence-corrected chi connectivity index (χ4v) is 15.2. The monoisotopic (exact) mass is 1680 g/mol. The van der Waals surface area contributed by atoms with E-state index in [0.29, 0.717) is 46.6 Å². The van der Waals surface area contributed by atoms with E-state index in [4.69, 9.17) is 50.7 Å². The van der Waals surface area contributed by atoms with E-state index in [1.165, 1.54) is 30.0 Å². The fraction of sp³-hybridized carbons (Fsp3) is 0.457. The number of anilines is 7. The molecule has 28 nitrogen and oxygen atoms in total. The van der Waals surface area contributed by atoms with Gasteiger partial charge >= 0.3 is 115 Å². The predicted octanol–water partition coefficient (Wildman–Crippen LogP) is 3.02. The summed E-state index contributed by atoms with van der Waals surface area (Å²) in [5, 5.41) is 64.8. The number of pyridine rings is 2. The number of hydrogen-bond donors (Lipinski definition) is 5. The van der Waals surface area contributed by atoms with E-state index in [9.17, 15) is 23.6 Å². The molecule has 14 rings (SSSR count). The van der Waals surface area contributed by atoms with Crippen LogP contribution in [-0.4, -0.2) is 222 Å². The zero-order chi connectivity index (χ0) is 81.1. The molecule has 115 heavy (non-hydrogen) atoms. The second kappa shape index (κ2) is 48.7. The van der Waals surface area contributed by atoms with Crippen molar-refractivity contribution >= 4 is 113 Å². The minimum absolute atomic E-state index is 0. The summed E-state index contributed by atoms with van der Waals surface area (Å²) in [6, 6.07) is 41.8. The maximum atomic E-state index is 12.5. The summed E-state index contributed by atoms with van der Waals surface area (Å²) >= 11 is 3.63. The zero-order valence-electron chi connectivity index (χ0n) is 68.6. The number of amides is 4. The topological polar surface area (TPSA) is 351 Å². The first kappa shape index (κ1) is 98.5. The molecule has 5 fully saturated rings. The smallest absolute Gasteiger partial charge is 1.00 e. The average Bonchev–Trinajstić information content (AvgIpc) is 0.779. The Morgan fingerprint density at radius 3 is 1.50 bits per heavy atom. The van der Waals surface area contributed by atoms with Gasteiger partial charge in [-0.1, -0.05) is 0 Å². The Bertz CT molecular complexity index is 4370. The number of ether oxygens (including phenoxy) is 2. The number of aromatic nitrogens is 2. The van der Waals surface area contributed by atoms with E-state index in [1.54, 1.807) is 33.5 Å². The number of hydrogen-bond acceptors (Lipinski definition) is 26. The van der Waals surface area contributed by atoms with Gasteiger partial charge in [-0.3, -0.25) is 19.3 Å². The van der Waals surface area contributed by atoms with Crippen molar-refractivity contribution in [2.24, 2.45) is 0 Å². The first-order valence-electron chi connectivity index (χ1n) is 37.2. The van der Waals surface area contributed by atoms with E-state index in [0.717, 1.165) is 148 Å². The molecule has 4 amide bonds. The summed E-state index contributed by atoms with van der Waals surface area (Å²) in [5.41, 5.74) is 8.52. The van der Waals surface area contributed by atoms with E-state index in [2.05, 4.69) is 98.7 Å². The van der Waals surface area contributed by atoms with Crippen molar-refractivity contribution in [2.45, 2.75) is 130 Å². The van der Waals surface area contributed by atoms with Crippen LogP contribution < -0.4 is 154 Å². The number of halogens is 2. The first-order valence-corrected chi connectivity index (χ1v) is 39.5. The van der Waals surface area contributed by atoms with Crippen LogP contribution in [0.25, 0.3) is 0 Å². The van der Waals surface area contributed by atoms with Crippen molar-refractivity contribution in [2.75, 3.05) is 143 Å². The van der Waals surface area contributed by atoms with Gasteiger partial charge in [0, 0.05) is 149 Å². The van der Waals surface area contributed by atoms with Gasteiger partial charge < -0.3 is 76.8 Å². The molecule has 8 aliphatic rings. The van der Waals surface area contributed by atoms with E-state index < -0.39 is 11.2 Å². The largest absolute Gasteiger partial charge is 1.00 e. The van der Waals surface area contributed by atoms with Crippen LogP contribution in [-0.2, 0) is 41.9 Å². The number of nitrogens with zero attached hydrogens (tertiary/aromatic N) is 14. The van der Waals surface area contributed by atoms with E-state index >= 15 is 0 Å². The van der Waals surface area contributed by atoms with Gasteiger partial charge in [0.15, 0.2) is 23.9 Å². The molecular weight excluding hydrogens is 1580 g/mol. The molecule has 4 aromatic carbocycles. The summed E-state index contributed by atoms with van der Waals surface area (Å²) < 4.78 is 24.5. The number of thioether (sulfide) groups is 2. The molecule has 5 saturated heterocycles. The number of rotatable bonds is 7. The zero-order valence-corrected chi connectivity index (χ0v) is 76.3. The Morgan fingerprint density at radius 1 is 0.643 bits per heavy atom. The van der Waals surface area contributed by atoms with Crippen molar-refractivity contribution in [3.05, 3.63) is 161 Å². The van der Waals surface area contributed by atoms with Crippen LogP contribution in [0.1, 0.15) is 104 Å². The summed E-state index contributed by atoms with van der Waals surface area (Å²) in [7, 11) is 0. The minimum Gasteiger partial charge on any atom is -1.00 e. The average molecular weight is 1690 g/mol. The standard InChI is InChI=1S/C23H26N6OS.C17H23N3O2.C12H15N3.C11H13N3O2S.C10H19N2O2.C7H4FN.CH2O3.ClH.2K.H/c1-16-13-28(19-4-2-17(11-24)3-5-19)7-6-27(16)14-18-10-20-22(25-12-18)29-8-9-31-15-21(29)23(30)26-20;1-13-12-19(15-7-5-14(11-18)6-8-15)9-10-20(13)16(21)22-17(2,3)4;1-10-9-15(7-6-14-10)12-4-2-11(8-13)3-5-12;15-5-7-3-8-10(12-4-7)14-1-2-17-6-9(14)11(16)13-8;1-8-7-11-5-6-12(8)9(13)14-10(2,3)4;8-7-3-1-6(5-9)2-4-7;2-1-4-3;;;;/h2-5,10,12,16,21H,6-9,13-15H2,1H3,(H,26,30);5-8,13H,9-10,12H2,1-4H3;2-5,10,14H,6-7,9H2,1H3;3-4,9,15H,1-2,5-6H2,(H,13,16);6,8,11H,5,7H2,1-4H3;1-4H;1,3H;1H;;;/q;;;;+1;;;;2*+1;-1/p-1/t16-,21-;13-;10-;9-;8-;;;;;;/m00000....../s1. The number of fused-ring (bicyclic) bond motifs is 6. The van der Waals surface area contributed by atoms with Crippen LogP contribution in [0, 0.1) is 51.1 Å². The van der Waals surface area contributed by atoms with E-state index in [1.807, 2.05) is 158 Å². The Morgan fingerprint density at radius 2 is 1.08 bits per heavy atom. The second-order valence-corrected chi connectivity index (χ2v) is 31.8. The van der Waals surface area contributed by atoms with Gasteiger partial charge in [-0.25, -0.2) is 19.2 Å². The Balaban J connectivity index is 0.000000299. The maximum Gasteiger partial charge on any atom is 1.00 e. The van der Waals surface area contributed by atoms with Crippen LogP contribution in [0.15, 0.2) is 122 Å². The molecular formula is C81H103ClFK2N18O10S2+. The van der Waals surface area contributed by atoms with Gasteiger partial charge in [0.25, 0.3) is 6.47 Å². The second-order valence-electron chi connectivity index (χ2n) is 29.5. The number of piperazine rings is 3. The van der Waals surface area contributed by atoms with Crippen LogP contribution in [0.2, 0.25) is 0 Å². The molecule has 0 spiro atoms. The number of nitriles is 4. The fourth-order valence-electron chi connectivity index (χ4n) is 13.1. The third-order valence-corrected chi connectivity index (χ3v) is 20.8. The number of carbonyl (C=O) groups excluding carboxylic acids is 5. The van der Waals surface area contributed by atoms with Crippen LogP contribution in [0.4, 0.5) is 54.1 Å². The summed E-state index contributed by atoms with van der Waals surface area (Å²) in [6.07, 6.45) is 4.96. The molecule has 0 unspecified atom stereocenters. The van der Waals surface area contributed by atoms with Crippen molar-refractivity contribution in [1.29, 1.82) is 21.0 Å². The molecule has 8 aliphatic heterocycles. The molecule has 0 aliphatic carbocycles. The van der Waals surface area contributed by atoms with Crippen molar-refractivity contribution in [1.82, 2.24) is 30.4 Å². The molecule has 2 aromatic heterocycles. The molecule has 6 aromatic rings. The van der Waals surface area contributed by atoms with Crippen molar-refractivity contribution in [3.63, 3.8) is 0 Å². The number of nitrogens with one attached hydrogen (secondary N) is 4. The maximum absolute atomic E-state index is 12.5. The van der Waals surface area contributed by atoms with Gasteiger partial charge in [-0.05, 0) is 190 Å². The van der Waals surface area contributed by atoms with Crippen LogP contribution in [0.5, 0.6) is 0 Å². The number of aliphatic hydroxyl groups excluding tert-OH is 1. The Hall–Kier alpha value is -7.05. The SMILES string of the molecule is C[C@H]1CN(c2ccc(C#N)cc2)CCN1.C[C@H]1CN(c2ccc(C#N)cc2)CCN1C(=O)OC(C)(C)C.C[C@H]1CN(c2ccc(C#N)cc2)CCN1Cc1cnc2c(c1)NC(=O)[C@@H]1CSCCN21.C[C@H]1CNCC=[N+]1C(=O)OC(C)(C)C.Cl.N#Cc1ccc(F)cc1.O=C1Nc2cc(CO)cnc2N2CCSC[C@@H]12.O=CO[O-].[H-].[K+].[K+]. The summed E-state index contributed by atoms with van der Waals surface area (Å²) in [5.74, 6) is 5.24. The summed E-state index contributed by atoms with van der Waals surface area (Å²) in [6.45, 7) is 31.6. The van der Waals surface area contributed by atoms with Crippen LogP contribution in [0.3, 0.4) is 0 Å². The van der Waals surface area contributed by atoms with Crippen molar-refractivity contribution < 1.29 is 162 Å². The third-order valence-electron chi connectivity index (χ3n) is 18.8.